The summed E-state index contributed by atoms with van der Waals surface area (Å²) in [5.41, 5.74) is 3.39. The molecule has 0 spiro atoms. The van der Waals surface area contributed by atoms with Gasteiger partial charge in [-0.3, -0.25) is 18.2 Å². The van der Waals surface area contributed by atoms with Crippen molar-refractivity contribution >= 4 is 45.6 Å². The first-order chi connectivity index (χ1) is 12.2. The predicted octanol–water partition coefficient (Wildman–Crippen LogP) is 3.21. The highest BCUT2D eigenvalue weighted by Gasteiger charge is 2.10. The number of nitrogens with one attached hydrogen (secondary N) is 3. The van der Waals surface area contributed by atoms with Gasteiger partial charge in [0.15, 0.2) is 0 Å². The summed E-state index contributed by atoms with van der Waals surface area (Å²) in [6.45, 7) is 0.467. The molecule has 2 amide bonds. The number of para-hydroxylation sites is 1. The normalized spacial score (nSPS) is 10.6. The van der Waals surface area contributed by atoms with Gasteiger partial charge in [-0.25, -0.2) is 0 Å². The smallest absolute Gasteiger partial charge is 0.251 e. The van der Waals surface area contributed by atoms with Crippen LogP contribution >= 0.6 is 22.9 Å². The van der Waals surface area contributed by atoms with Gasteiger partial charge in [0, 0.05) is 29.5 Å². The van der Waals surface area contributed by atoms with Crippen LogP contribution < -0.4 is 8.85 Å². The molecule has 1 aromatic heterocycles. The summed E-state index contributed by atoms with van der Waals surface area (Å²) < 4.78 is 2.53. The lowest BCUT2D eigenvalue weighted by molar-refractivity contribution is -0.118. The van der Waals surface area contributed by atoms with Gasteiger partial charge in [-0.2, -0.15) is 5.10 Å². The maximum absolute atomic E-state index is 12.1. The summed E-state index contributed by atoms with van der Waals surface area (Å²) in [6.07, 6.45) is 1.01. The van der Waals surface area contributed by atoms with E-state index >= 15 is 0 Å². The van der Waals surface area contributed by atoms with Gasteiger partial charge in [0.05, 0.1) is 34.1 Å². The van der Waals surface area contributed by atoms with E-state index in [0.717, 1.165) is 22.2 Å². The monoisotopic (exact) mass is 448 g/mol. The number of aromatic nitrogens is 2. The Morgan fingerprint density at radius 1 is 1.08 bits per heavy atom. The van der Waals surface area contributed by atoms with Gasteiger partial charge in [0.2, 0.25) is 5.91 Å². The van der Waals surface area contributed by atoms with Crippen molar-refractivity contribution in [2.75, 3.05) is 6.54 Å². The van der Waals surface area contributed by atoms with E-state index in [1.165, 1.54) is 0 Å². The van der Waals surface area contributed by atoms with E-state index in [4.69, 9.17) is 0 Å². The molecule has 7 heteroatoms. The molecular formula is C18H17IN4O2. The molecule has 2 aromatic carbocycles. The largest absolute Gasteiger partial charge is 0.352 e. The number of aromatic amines is 1. The third-order valence-electron chi connectivity index (χ3n) is 3.86. The molecule has 0 bridgehead atoms. The van der Waals surface area contributed by atoms with Crippen molar-refractivity contribution < 1.29 is 9.59 Å². The molecule has 0 aliphatic carbocycles. The molecule has 0 aliphatic heterocycles. The first-order valence-electron chi connectivity index (χ1n) is 7.90. The fraction of sp³-hybridized carbons (Fsp3) is 0.167. The number of H-pyrrole nitrogens is 1. The molecule has 6 nitrogen and oxygen atoms in total. The summed E-state index contributed by atoms with van der Waals surface area (Å²) in [7, 11) is 0. The molecule has 0 unspecified atom stereocenters. The number of benzene rings is 2. The Morgan fingerprint density at radius 3 is 2.60 bits per heavy atom. The Hall–Kier alpha value is -2.42. The number of amides is 2. The molecule has 0 atom stereocenters. The Balaban J connectivity index is 1.64. The van der Waals surface area contributed by atoms with Gasteiger partial charge in [0.25, 0.3) is 5.91 Å². The van der Waals surface area contributed by atoms with Crippen LogP contribution in [0.4, 0.5) is 0 Å². The highest BCUT2D eigenvalue weighted by molar-refractivity contribution is 14.1. The molecule has 0 saturated heterocycles. The molecule has 3 aromatic rings. The molecule has 3 rings (SSSR count). The van der Waals surface area contributed by atoms with E-state index in [0.29, 0.717) is 24.9 Å². The quantitative estimate of drug-likeness (QED) is 0.308. The first kappa shape index (κ1) is 17.4. The van der Waals surface area contributed by atoms with Crippen LogP contribution in [0.2, 0.25) is 0 Å². The number of carbonyl (C=O) groups excluding carboxylic acids is 2. The van der Waals surface area contributed by atoms with Crippen LogP contribution in [0.15, 0.2) is 48.5 Å². The molecule has 0 aliphatic rings. The van der Waals surface area contributed by atoms with Crippen LogP contribution in [0.25, 0.3) is 22.2 Å². The average molecular weight is 448 g/mol. The lowest BCUT2D eigenvalue weighted by Gasteiger charge is -2.05. The minimum atomic E-state index is -0.145. The fourth-order valence-electron chi connectivity index (χ4n) is 2.56. The number of nitrogens with zero attached hydrogens (tertiary/aromatic N) is 1. The third kappa shape index (κ3) is 4.16. The van der Waals surface area contributed by atoms with E-state index in [1.807, 2.05) is 36.4 Å². The molecule has 128 valence electrons. The summed E-state index contributed by atoms with van der Waals surface area (Å²) in [6, 6.07) is 15.3. The minimum absolute atomic E-state index is 0.0366. The van der Waals surface area contributed by atoms with Crippen molar-refractivity contribution in [2.24, 2.45) is 0 Å². The van der Waals surface area contributed by atoms with Gasteiger partial charge in [0.1, 0.15) is 0 Å². The molecule has 0 radical (unpaired) electrons. The SMILES string of the molecule is O=C(CCCNC(=O)c1ccc(-c2n[nH]c3ccccc23)cc1)NI. The van der Waals surface area contributed by atoms with Crippen LogP contribution in [-0.2, 0) is 4.79 Å². The van der Waals surface area contributed by atoms with E-state index in [-0.39, 0.29) is 11.8 Å². The van der Waals surface area contributed by atoms with Gasteiger partial charge < -0.3 is 5.32 Å². The second kappa shape index (κ2) is 8.11. The zero-order chi connectivity index (χ0) is 17.6. The lowest BCUT2D eigenvalue weighted by atomic mass is 10.1. The maximum atomic E-state index is 12.1. The van der Waals surface area contributed by atoms with E-state index in [2.05, 4.69) is 19.0 Å². The van der Waals surface area contributed by atoms with E-state index < -0.39 is 0 Å². The highest BCUT2D eigenvalue weighted by atomic mass is 127. The van der Waals surface area contributed by atoms with E-state index in [1.54, 1.807) is 35.0 Å². The number of carbonyl (C=O) groups is 2. The maximum Gasteiger partial charge on any atom is 0.251 e. The number of halogens is 1. The Kier molecular flexibility index (Phi) is 5.64. The Labute approximate surface area is 158 Å². The van der Waals surface area contributed by atoms with Crippen LogP contribution in [0, 0.1) is 0 Å². The summed E-state index contributed by atoms with van der Waals surface area (Å²) in [4.78, 5) is 23.3. The standard InChI is InChI=1S/C18H17IN4O2/c19-21-16(24)6-3-11-20-18(25)13-9-7-12(8-10-13)17-14-4-1-2-5-15(14)22-23-17/h1-2,4-5,7-10H,3,6,11H2,(H,20,25)(H,21,24)(H,22,23). The number of hydrogen-bond acceptors (Lipinski definition) is 3. The minimum Gasteiger partial charge on any atom is -0.352 e. The van der Waals surface area contributed by atoms with Crippen LogP contribution in [0.3, 0.4) is 0 Å². The zero-order valence-electron chi connectivity index (χ0n) is 13.4. The van der Waals surface area contributed by atoms with Crippen molar-refractivity contribution in [3.8, 4) is 11.3 Å². The van der Waals surface area contributed by atoms with Crippen LogP contribution in [0.1, 0.15) is 23.2 Å². The summed E-state index contributed by atoms with van der Waals surface area (Å²) in [5.74, 6) is -0.182. The Morgan fingerprint density at radius 2 is 1.84 bits per heavy atom. The van der Waals surface area contributed by atoms with Crippen molar-refractivity contribution in [3.63, 3.8) is 0 Å². The number of hydrogen-bond donors (Lipinski definition) is 3. The van der Waals surface area contributed by atoms with Crippen LogP contribution in [0.5, 0.6) is 0 Å². The average Bonchev–Trinajstić information content (AvgIpc) is 3.09. The van der Waals surface area contributed by atoms with Gasteiger partial charge >= 0.3 is 0 Å². The van der Waals surface area contributed by atoms with E-state index in [9.17, 15) is 9.59 Å². The lowest BCUT2D eigenvalue weighted by Crippen LogP contribution is -2.25. The van der Waals surface area contributed by atoms with Crippen molar-refractivity contribution in [3.05, 3.63) is 54.1 Å². The molecular weight excluding hydrogens is 431 g/mol. The van der Waals surface area contributed by atoms with Crippen LogP contribution in [-0.4, -0.2) is 28.6 Å². The Bertz CT molecular complexity index is 889. The zero-order valence-corrected chi connectivity index (χ0v) is 15.5. The molecule has 1 heterocycles. The second-order valence-corrected chi connectivity index (χ2v) is 6.11. The molecule has 0 saturated carbocycles. The van der Waals surface area contributed by atoms with Crippen molar-refractivity contribution in [1.29, 1.82) is 0 Å². The summed E-state index contributed by atoms with van der Waals surface area (Å²) in [5, 5.41) is 11.2. The highest BCUT2D eigenvalue weighted by Crippen LogP contribution is 2.26. The van der Waals surface area contributed by atoms with Crippen molar-refractivity contribution in [2.45, 2.75) is 12.8 Å². The number of rotatable bonds is 6. The summed E-state index contributed by atoms with van der Waals surface area (Å²) >= 11 is 1.81. The molecule has 3 N–H and O–H groups in total. The molecule has 25 heavy (non-hydrogen) atoms. The second-order valence-electron chi connectivity index (χ2n) is 5.57. The van der Waals surface area contributed by atoms with Gasteiger partial charge in [-0.05, 0) is 24.6 Å². The third-order valence-corrected chi connectivity index (χ3v) is 4.46. The topological polar surface area (TPSA) is 86.9 Å². The first-order valence-corrected chi connectivity index (χ1v) is 8.98. The molecule has 0 fully saturated rings. The fourth-order valence-corrected chi connectivity index (χ4v) is 2.83. The van der Waals surface area contributed by atoms with Gasteiger partial charge in [-0.1, -0.05) is 30.3 Å². The predicted molar refractivity (Wildman–Crippen MR) is 105 cm³/mol. The number of fused-ring (bicyclic) bond motifs is 1. The van der Waals surface area contributed by atoms with Gasteiger partial charge in [-0.15, -0.1) is 0 Å². The van der Waals surface area contributed by atoms with Crippen molar-refractivity contribution in [1.82, 2.24) is 19.0 Å².